The monoisotopic (exact) mass is 476 g/mol. The van der Waals surface area contributed by atoms with Crippen LogP contribution in [0.4, 0.5) is 11.4 Å². The predicted molar refractivity (Wildman–Crippen MR) is 152 cm³/mol. The first-order chi connectivity index (χ1) is 17.5. The molecule has 2 saturated heterocycles. The molecule has 0 saturated carbocycles. The summed E-state index contributed by atoms with van der Waals surface area (Å²) < 4.78 is 0. The number of aliphatic imine (C=N–C) groups is 2. The molecular weight excluding hydrogens is 444 g/mol. The van der Waals surface area contributed by atoms with Gasteiger partial charge in [0, 0.05) is 65.5 Å². The molecule has 36 heavy (non-hydrogen) atoms. The Morgan fingerprint density at radius 1 is 0.472 bits per heavy atom. The Kier molecular flexibility index (Phi) is 5.52. The quantitative estimate of drug-likeness (QED) is 0.397. The van der Waals surface area contributed by atoms with Gasteiger partial charge in [-0.1, -0.05) is 60.7 Å². The van der Waals surface area contributed by atoms with Gasteiger partial charge in [0.05, 0.1) is 11.4 Å². The van der Waals surface area contributed by atoms with E-state index in [9.17, 15) is 0 Å². The third-order valence-corrected chi connectivity index (χ3v) is 7.41. The van der Waals surface area contributed by atoms with Crippen molar-refractivity contribution in [1.82, 2.24) is 19.6 Å². The van der Waals surface area contributed by atoms with Crippen molar-refractivity contribution in [3.63, 3.8) is 0 Å². The minimum absolute atomic E-state index is 0.968. The van der Waals surface area contributed by atoms with Gasteiger partial charge in [-0.2, -0.15) is 0 Å². The fraction of sp³-hybridized carbons (Fsp3) is 0.267. The summed E-state index contributed by atoms with van der Waals surface area (Å²) in [6.07, 6.45) is 0. The molecule has 2 heterocycles. The summed E-state index contributed by atoms with van der Waals surface area (Å²) in [7, 11) is 8.46. The van der Waals surface area contributed by atoms with Crippen LogP contribution in [-0.2, 0) is 0 Å². The lowest BCUT2D eigenvalue weighted by molar-refractivity contribution is 0.553. The Labute approximate surface area is 212 Å². The second kappa shape index (κ2) is 8.86. The zero-order valence-electron chi connectivity index (χ0n) is 21.4. The Bertz CT molecular complexity index is 1380. The molecule has 0 N–H and O–H groups in total. The van der Waals surface area contributed by atoms with E-state index in [1.165, 1.54) is 21.5 Å². The number of hydrogen-bond acceptors (Lipinski definition) is 2. The Balaban J connectivity index is 1.70. The lowest BCUT2D eigenvalue weighted by Gasteiger charge is -2.20. The van der Waals surface area contributed by atoms with E-state index in [1.54, 1.807) is 0 Å². The topological polar surface area (TPSA) is 37.7 Å². The van der Waals surface area contributed by atoms with Crippen molar-refractivity contribution >= 4 is 44.8 Å². The molecule has 6 nitrogen and oxygen atoms in total. The van der Waals surface area contributed by atoms with Crippen LogP contribution in [-0.4, -0.2) is 85.9 Å². The first-order valence-corrected chi connectivity index (χ1v) is 12.6. The predicted octanol–water partition coefficient (Wildman–Crippen LogP) is 5.39. The summed E-state index contributed by atoms with van der Waals surface area (Å²) >= 11 is 0. The van der Waals surface area contributed by atoms with Crippen molar-refractivity contribution in [3.8, 4) is 11.1 Å². The van der Waals surface area contributed by atoms with Crippen LogP contribution in [0.2, 0.25) is 0 Å². The second-order valence-corrected chi connectivity index (χ2v) is 9.87. The Hall–Kier alpha value is -4.06. The molecule has 0 radical (unpaired) electrons. The molecule has 2 aliphatic rings. The summed E-state index contributed by atoms with van der Waals surface area (Å²) in [6, 6.07) is 25.9. The summed E-state index contributed by atoms with van der Waals surface area (Å²) in [5, 5.41) is 4.78. The molecule has 4 aromatic rings. The molecule has 0 amide bonds. The van der Waals surface area contributed by atoms with Gasteiger partial charge in [0.1, 0.15) is 0 Å². The van der Waals surface area contributed by atoms with Crippen molar-refractivity contribution < 1.29 is 0 Å². The molecule has 2 fully saturated rings. The maximum Gasteiger partial charge on any atom is 0.201 e. The molecule has 182 valence electrons. The van der Waals surface area contributed by atoms with Crippen LogP contribution in [0.25, 0.3) is 32.7 Å². The van der Waals surface area contributed by atoms with Crippen molar-refractivity contribution in [2.75, 3.05) is 54.4 Å². The maximum absolute atomic E-state index is 5.26. The highest BCUT2D eigenvalue weighted by molar-refractivity contribution is 6.13. The summed E-state index contributed by atoms with van der Waals surface area (Å²) in [5.41, 5.74) is 4.20. The normalized spacial score (nSPS) is 16.1. The highest BCUT2D eigenvalue weighted by Crippen LogP contribution is 2.46. The lowest BCUT2D eigenvalue weighted by Crippen LogP contribution is -2.28. The summed E-state index contributed by atoms with van der Waals surface area (Å²) in [4.78, 5) is 19.4. The number of likely N-dealkylation sites (N-methyl/N-ethyl adjacent to an activating group) is 4. The molecule has 0 bridgehead atoms. The average Bonchev–Trinajstić information content (AvgIpc) is 3.39. The van der Waals surface area contributed by atoms with Crippen molar-refractivity contribution in [2.24, 2.45) is 9.98 Å². The molecule has 0 aromatic heterocycles. The number of guanidine groups is 2. The summed E-state index contributed by atoms with van der Waals surface area (Å²) in [5.74, 6) is 1.99. The van der Waals surface area contributed by atoms with Crippen LogP contribution in [0.3, 0.4) is 0 Å². The van der Waals surface area contributed by atoms with Gasteiger partial charge in [-0.25, -0.2) is 9.98 Å². The Morgan fingerprint density at radius 3 is 1.22 bits per heavy atom. The van der Waals surface area contributed by atoms with Gasteiger partial charge in [-0.3, -0.25) is 0 Å². The first kappa shape index (κ1) is 22.4. The van der Waals surface area contributed by atoms with E-state index in [0.29, 0.717) is 0 Å². The fourth-order valence-electron chi connectivity index (χ4n) is 5.37. The van der Waals surface area contributed by atoms with Crippen LogP contribution in [0, 0.1) is 0 Å². The minimum atomic E-state index is 0.968. The standard InChI is InChI=1S/C30H32N6/c1-33-17-18-34(2)29(33)31-25-15-13-21-9-5-7-11-23(21)27(25)28-24-12-8-6-10-22(24)14-16-26(28)32-30-35(3)19-20-36(30)4/h5-16H,17-20H2,1-4H3. The number of benzene rings is 4. The molecule has 6 heteroatoms. The minimum Gasteiger partial charge on any atom is -0.344 e. The number of nitrogens with zero attached hydrogens (tertiary/aromatic N) is 6. The maximum atomic E-state index is 5.26. The molecular formula is C30H32N6. The van der Waals surface area contributed by atoms with E-state index < -0.39 is 0 Å². The lowest BCUT2D eigenvalue weighted by atomic mass is 9.91. The first-order valence-electron chi connectivity index (χ1n) is 12.6. The third kappa shape index (κ3) is 3.73. The molecule has 4 aromatic carbocycles. The molecule has 0 aliphatic carbocycles. The van der Waals surface area contributed by atoms with Gasteiger partial charge in [0.2, 0.25) is 11.9 Å². The zero-order chi connectivity index (χ0) is 24.8. The van der Waals surface area contributed by atoms with Gasteiger partial charge >= 0.3 is 0 Å². The molecule has 2 aliphatic heterocycles. The second-order valence-electron chi connectivity index (χ2n) is 9.87. The Morgan fingerprint density at radius 2 is 0.833 bits per heavy atom. The van der Waals surface area contributed by atoms with Crippen molar-refractivity contribution in [1.29, 1.82) is 0 Å². The molecule has 6 rings (SSSR count). The fourth-order valence-corrected chi connectivity index (χ4v) is 5.37. The molecule has 0 atom stereocenters. The smallest absolute Gasteiger partial charge is 0.201 e. The zero-order valence-corrected chi connectivity index (χ0v) is 21.4. The molecule has 0 spiro atoms. The average molecular weight is 477 g/mol. The van der Waals surface area contributed by atoms with Crippen LogP contribution in [0.5, 0.6) is 0 Å². The van der Waals surface area contributed by atoms with Gasteiger partial charge in [0.15, 0.2) is 0 Å². The van der Waals surface area contributed by atoms with Gasteiger partial charge in [-0.15, -0.1) is 0 Å². The highest BCUT2D eigenvalue weighted by Gasteiger charge is 2.24. The third-order valence-electron chi connectivity index (χ3n) is 7.41. The van der Waals surface area contributed by atoms with E-state index in [-0.39, 0.29) is 0 Å². The van der Waals surface area contributed by atoms with E-state index in [0.717, 1.165) is 60.6 Å². The van der Waals surface area contributed by atoms with E-state index in [1.807, 2.05) is 0 Å². The van der Waals surface area contributed by atoms with Gasteiger partial charge in [0.25, 0.3) is 0 Å². The van der Waals surface area contributed by atoms with E-state index in [4.69, 9.17) is 9.98 Å². The van der Waals surface area contributed by atoms with Crippen molar-refractivity contribution in [2.45, 2.75) is 0 Å². The number of fused-ring (bicyclic) bond motifs is 2. The number of hydrogen-bond donors (Lipinski definition) is 0. The SMILES string of the molecule is CN1CCN(C)C1=Nc1ccc2ccccc2c1-c1c(N=C2N(C)CCN2C)ccc2ccccc12. The van der Waals surface area contributed by atoms with Gasteiger partial charge < -0.3 is 19.6 Å². The molecule has 0 unspecified atom stereocenters. The van der Waals surface area contributed by atoms with E-state index >= 15 is 0 Å². The van der Waals surface area contributed by atoms with Gasteiger partial charge in [-0.05, 0) is 33.7 Å². The van der Waals surface area contributed by atoms with Crippen LogP contribution < -0.4 is 0 Å². The van der Waals surface area contributed by atoms with Crippen LogP contribution >= 0.6 is 0 Å². The highest BCUT2D eigenvalue weighted by atomic mass is 15.4. The number of rotatable bonds is 3. The largest absolute Gasteiger partial charge is 0.344 e. The van der Waals surface area contributed by atoms with E-state index in [2.05, 4.69) is 121 Å². The van der Waals surface area contributed by atoms with Crippen molar-refractivity contribution in [3.05, 3.63) is 72.8 Å². The summed E-state index contributed by atoms with van der Waals surface area (Å²) in [6.45, 7) is 3.91. The van der Waals surface area contributed by atoms with Crippen LogP contribution in [0.1, 0.15) is 0 Å². The van der Waals surface area contributed by atoms with Crippen LogP contribution in [0.15, 0.2) is 82.8 Å².